The molecule has 0 aliphatic heterocycles. The third kappa shape index (κ3) is 6.71. The lowest BCUT2D eigenvalue weighted by Crippen LogP contribution is -2.30. The Morgan fingerprint density at radius 2 is 2.00 bits per heavy atom. The Labute approximate surface area is 157 Å². The van der Waals surface area contributed by atoms with Gasteiger partial charge in [0.25, 0.3) is 11.8 Å². The van der Waals surface area contributed by atoms with Crippen LogP contribution in [0.5, 0.6) is 5.75 Å². The lowest BCUT2D eigenvalue weighted by atomic mass is 10.1. The number of carbonyl (C=O) groups is 2. The van der Waals surface area contributed by atoms with E-state index in [0.717, 1.165) is 0 Å². The van der Waals surface area contributed by atoms with Gasteiger partial charge in [-0.3, -0.25) is 9.59 Å². The number of furan rings is 1. The van der Waals surface area contributed by atoms with Crippen LogP contribution in [0.2, 0.25) is 0 Å². The van der Waals surface area contributed by atoms with Crippen LogP contribution in [0.1, 0.15) is 25.2 Å². The highest BCUT2D eigenvalue weighted by molar-refractivity contribution is 6.01. The van der Waals surface area contributed by atoms with Gasteiger partial charge in [-0.1, -0.05) is 12.1 Å². The fourth-order valence-corrected chi connectivity index (χ4v) is 2.11. The summed E-state index contributed by atoms with van der Waals surface area (Å²) in [4.78, 5) is 23.7. The number of benzene rings is 1. The number of amides is 2. The van der Waals surface area contributed by atoms with Crippen molar-refractivity contribution in [2.24, 2.45) is 0 Å². The number of carbonyl (C=O) groups excluding carboxylic acids is 2. The molecule has 0 saturated heterocycles. The van der Waals surface area contributed by atoms with Crippen LogP contribution < -0.4 is 15.4 Å². The Hall–Kier alpha value is -3.53. The van der Waals surface area contributed by atoms with Gasteiger partial charge in [0.1, 0.15) is 23.2 Å². The number of nitrogens with one attached hydrogen (secondary N) is 2. The van der Waals surface area contributed by atoms with Gasteiger partial charge in [0.2, 0.25) is 0 Å². The van der Waals surface area contributed by atoms with Crippen molar-refractivity contribution in [3.63, 3.8) is 0 Å². The minimum Gasteiger partial charge on any atom is -0.484 e. The Morgan fingerprint density at radius 3 is 2.59 bits per heavy atom. The molecule has 1 aromatic heterocycles. The molecule has 2 rings (SSSR count). The number of ether oxygens (including phenoxy) is 1. The fourth-order valence-electron chi connectivity index (χ4n) is 2.11. The maximum Gasteiger partial charge on any atom is 0.262 e. The van der Waals surface area contributed by atoms with Gasteiger partial charge in [0, 0.05) is 6.04 Å². The lowest BCUT2D eigenvalue weighted by Gasteiger charge is -2.08. The zero-order valence-electron chi connectivity index (χ0n) is 15.2. The molecule has 2 aromatic rings. The molecule has 0 aliphatic rings. The first-order valence-corrected chi connectivity index (χ1v) is 8.42. The number of nitriles is 1. The van der Waals surface area contributed by atoms with Crippen molar-refractivity contribution in [3.8, 4) is 11.8 Å². The van der Waals surface area contributed by atoms with Gasteiger partial charge in [0.05, 0.1) is 12.8 Å². The molecule has 0 bridgehead atoms. The molecule has 7 nitrogen and oxygen atoms in total. The largest absolute Gasteiger partial charge is 0.484 e. The summed E-state index contributed by atoms with van der Waals surface area (Å²) in [5.41, 5.74) is 0.703. The molecule has 1 heterocycles. The summed E-state index contributed by atoms with van der Waals surface area (Å²) in [6, 6.07) is 12.1. The molecule has 0 spiro atoms. The third-order valence-electron chi connectivity index (χ3n) is 3.39. The number of rotatable bonds is 8. The van der Waals surface area contributed by atoms with Gasteiger partial charge in [-0.25, -0.2) is 0 Å². The Morgan fingerprint density at radius 1 is 1.26 bits per heavy atom. The van der Waals surface area contributed by atoms with E-state index >= 15 is 0 Å². The maximum atomic E-state index is 11.9. The zero-order chi connectivity index (χ0) is 19.6. The van der Waals surface area contributed by atoms with E-state index < -0.39 is 5.91 Å². The van der Waals surface area contributed by atoms with E-state index in [1.807, 2.05) is 19.9 Å². The van der Waals surface area contributed by atoms with Gasteiger partial charge in [-0.15, -0.1) is 0 Å². The molecule has 2 N–H and O–H groups in total. The summed E-state index contributed by atoms with van der Waals surface area (Å²) >= 11 is 0. The summed E-state index contributed by atoms with van der Waals surface area (Å²) in [7, 11) is 0. The number of nitrogens with zero attached hydrogens (tertiary/aromatic N) is 1. The van der Waals surface area contributed by atoms with Gasteiger partial charge in [-0.2, -0.15) is 5.26 Å². The predicted molar refractivity (Wildman–Crippen MR) is 99.4 cm³/mol. The molecule has 7 heteroatoms. The van der Waals surface area contributed by atoms with Crippen LogP contribution in [0, 0.1) is 11.3 Å². The van der Waals surface area contributed by atoms with Crippen LogP contribution in [0.25, 0.3) is 6.08 Å². The van der Waals surface area contributed by atoms with E-state index in [-0.39, 0.29) is 24.1 Å². The fraction of sp³-hybridized carbons (Fsp3) is 0.250. The highest BCUT2D eigenvalue weighted by atomic mass is 16.5. The Balaban J connectivity index is 1.87. The monoisotopic (exact) mass is 367 g/mol. The van der Waals surface area contributed by atoms with E-state index in [1.54, 1.807) is 36.4 Å². The van der Waals surface area contributed by atoms with Crippen molar-refractivity contribution in [3.05, 3.63) is 59.6 Å². The first-order chi connectivity index (χ1) is 13.0. The van der Waals surface area contributed by atoms with Gasteiger partial charge in [-0.05, 0) is 49.8 Å². The lowest BCUT2D eigenvalue weighted by molar-refractivity contribution is -0.123. The van der Waals surface area contributed by atoms with E-state index in [2.05, 4.69) is 10.6 Å². The normalized spacial score (nSPS) is 11.0. The molecule has 0 aliphatic carbocycles. The van der Waals surface area contributed by atoms with Gasteiger partial charge < -0.3 is 19.8 Å². The smallest absolute Gasteiger partial charge is 0.262 e. The summed E-state index contributed by atoms with van der Waals surface area (Å²) < 4.78 is 10.5. The molecule has 0 unspecified atom stereocenters. The first kappa shape index (κ1) is 19.8. The average molecular weight is 367 g/mol. The standard InChI is InChI=1S/C20H21N3O4/c1-14(2)23-20(25)16(11-21)10-15-5-7-17(8-6-15)27-13-19(24)22-12-18-4-3-9-26-18/h3-10,14H,12-13H2,1-2H3,(H,22,24)(H,23,25)/b16-10+. The maximum absolute atomic E-state index is 11.9. The molecule has 2 amide bonds. The van der Waals surface area contributed by atoms with Crippen molar-refractivity contribution >= 4 is 17.9 Å². The zero-order valence-corrected chi connectivity index (χ0v) is 15.2. The molecule has 27 heavy (non-hydrogen) atoms. The second kappa shape index (κ2) is 9.82. The molecule has 1 aromatic carbocycles. The molecule has 0 atom stereocenters. The molecule has 0 saturated carbocycles. The van der Waals surface area contributed by atoms with Gasteiger partial charge >= 0.3 is 0 Å². The highest BCUT2D eigenvalue weighted by Gasteiger charge is 2.10. The van der Waals surface area contributed by atoms with E-state index in [9.17, 15) is 9.59 Å². The van der Waals surface area contributed by atoms with Crippen LogP contribution in [0.4, 0.5) is 0 Å². The minimum absolute atomic E-state index is 0.0228. The van der Waals surface area contributed by atoms with E-state index in [1.165, 1.54) is 12.3 Å². The number of hydrogen-bond acceptors (Lipinski definition) is 5. The highest BCUT2D eigenvalue weighted by Crippen LogP contribution is 2.14. The Kier molecular flexibility index (Phi) is 7.20. The summed E-state index contributed by atoms with van der Waals surface area (Å²) in [5, 5.41) is 14.5. The van der Waals surface area contributed by atoms with Crippen LogP contribution >= 0.6 is 0 Å². The topological polar surface area (TPSA) is 104 Å². The second-order valence-corrected chi connectivity index (χ2v) is 6.01. The summed E-state index contributed by atoms with van der Waals surface area (Å²) in [5.74, 6) is 0.480. The summed E-state index contributed by atoms with van der Waals surface area (Å²) in [6.07, 6.45) is 3.04. The van der Waals surface area contributed by atoms with E-state index in [4.69, 9.17) is 14.4 Å². The quantitative estimate of drug-likeness (QED) is 0.551. The third-order valence-corrected chi connectivity index (χ3v) is 3.39. The SMILES string of the molecule is CC(C)NC(=O)/C(C#N)=C/c1ccc(OCC(=O)NCc2ccco2)cc1. The van der Waals surface area contributed by atoms with Crippen molar-refractivity contribution in [1.29, 1.82) is 5.26 Å². The van der Waals surface area contributed by atoms with Crippen LogP contribution in [-0.4, -0.2) is 24.5 Å². The van der Waals surface area contributed by atoms with Crippen molar-refractivity contribution < 1.29 is 18.7 Å². The van der Waals surface area contributed by atoms with Crippen LogP contribution in [0.15, 0.2) is 52.7 Å². The molecule has 0 radical (unpaired) electrons. The molecule has 0 fully saturated rings. The molecular weight excluding hydrogens is 346 g/mol. The Bertz CT molecular complexity index is 831. The average Bonchev–Trinajstić information content (AvgIpc) is 3.16. The van der Waals surface area contributed by atoms with E-state index in [0.29, 0.717) is 23.6 Å². The second-order valence-electron chi connectivity index (χ2n) is 6.01. The predicted octanol–water partition coefficient (Wildman–Crippen LogP) is 2.41. The van der Waals surface area contributed by atoms with Crippen LogP contribution in [-0.2, 0) is 16.1 Å². The summed E-state index contributed by atoms with van der Waals surface area (Å²) in [6.45, 7) is 3.82. The molecular formula is C20H21N3O4. The van der Waals surface area contributed by atoms with Crippen molar-refractivity contribution in [1.82, 2.24) is 10.6 Å². The number of hydrogen-bond donors (Lipinski definition) is 2. The van der Waals surface area contributed by atoms with Gasteiger partial charge in [0.15, 0.2) is 6.61 Å². The van der Waals surface area contributed by atoms with Crippen molar-refractivity contribution in [2.45, 2.75) is 26.4 Å². The van der Waals surface area contributed by atoms with Crippen molar-refractivity contribution in [2.75, 3.05) is 6.61 Å². The molecule has 140 valence electrons. The van der Waals surface area contributed by atoms with Crippen LogP contribution in [0.3, 0.4) is 0 Å². The minimum atomic E-state index is -0.416. The first-order valence-electron chi connectivity index (χ1n) is 8.42.